The number of anilines is 2. The lowest BCUT2D eigenvalue weighted by molar-refractivity contribution is 0.0829. The molecule has 18 heavy (non-hydrogen) atoms. The summed E-state index contributed by atoms with van der Waals surface area (Å²) >= 11 is 1.57. The second-order valence-electron chi connectivity index (χ2n) is 3.29. The number of hydrogen-bond donors (Lipinski definition) is 2. The van der Waals surface area contributed by atoms with Gasteiger partial charge < -0.3 is 5.32 Å². The minimum atomic E-state index is -0.393. The van der Waals surface area contributed by atoms with Crippen LogP contribution in [0.1, 0.15) is 10.4 Å². The van der Waals surface area contributed by atoms with E-state index < -0.39 is 5.91 Å². The molecule has 1 amide bonds. The summed E-state index contributed by atoms with van der Waals surface area (Å²) in [7, 11) is 0. The van der Waals surface area contributed by atoms with Gasteiger partial charge in [0, 0.05) is 18.1 Å². The summed E-state index contributed by atoms with van der Waals surface area (Å²) in [6, 6.07) is 9.52. The van der Waals surface area contributed by atoms with Crippen LogP contribution in [0.2, 0.25) is 0 Å². The number of rotatable bonds is 4. The van der Waals surface area contributed by atoms with Crippen molar-refractivity contribution in [1.82, 2.24) is 15.4 Å². The molecule has 2 rings (SSSR count). The van der Waals surface area contributed by atoms with Crippen LogP contribution in [-0.4, -0.2) is 15.9 Å². The monoisotopic (exact) mass is 356 g/mol. The normalized spacial score (nSPS) is 9.83. The van der Waals surface area contributed by atoms with E-state index in [1.54, 1.807) is 23.0 Å². The average molecular weight is 356 g/mol. The molecule has 1 aromatic carbocycles. The van der Waals surface area contributed by atoms with Crippen LogP contribution in [0.15, 0.2) is 42.7 Å². The van der Waals surface area contributed by atoms with E-state index in [4.69, 9.17) is 0 Å². The minimum absolute atomic E-state index is 0.324. The van der Waals surface area contributed by atoms with Crippen molar-refractivity contribution in [3.8, 4) is 0 Å². The topological polar surface area (TPSA) is 76.1 Å². The van der Waals surface area contributed by atoms with Gasteiger partial charge >= 0.3 is 0 Å². The molecule has 0 saturated carbocycles. The number of amides is 1. The highest BCUT2D eigenvalue weighted by Crippen LogP contribution is 2.11. The minimum Gasteiger partial charge on any atom is -0.324 e. The summed E-state index contributed by atoms with van der Waals surface area (Å²) in [5.41, 5.74) is 3.38. The molecule has 2 N–H and O–H groups in total. The fourth-order valence-corrected chi connectivity index (χ4v) is 1.45. The number of nitrogens with zero attached hydrogens (tertiary/aromatic N) is 2. The van der Waals surface area contributed by atoms with Gasteiger partial charge in [-0.15, -0.1) is 0 Å². The number of hydrogen-bond acceptors (Lipinski definition) is 5. The number of carbonyl (C=O) groups is 1. The maximum atomic E-state index is 11.4. The number of carbonyl (C=O) groups excluding carboxylic acids is 1. The molecule has 92 valence electrons. The Bertz CT molecular complexity index is 518. The van der Waals surface area contributed by atoms with Crippen LogP contribution in [0, 0.1) is 0 Å². The first-order valence-corrected chi connectivity index (χ1v) is 5.89. The van der Waals surface area contributed by atoms with Crippen LogP contribution >= 0.6 is 23.0 Å². The Kier molecular flexibility index (Phi) is 4.42. The molecule has 0 aliphatic rings. The van der Waals surface area contributed by atoms with E-state index >= 15 is 0 Å². The van der Waals surface area contributed by atoms with E-state index in [2.05, 4.69) is 23.9 Å². The SMILES string of the molecule is O=C(NOI)c1cnc(Nc2ccccc2)nc1. The van der Waals surface area contributed by atoms with Gasteiger partial charge in [0.15, 0.2) is 0 Å². The molecule has 0 aliphatic carbocycles. The first-order valence-electron chi connectivity index (χ1n) is 5.01. The molecular formula is C11H9IN4O2. The van der Waals surface area contributed by atoms with Crippen LogP contribution in [0.25, 0.3) is 0 Å². The fraction of sp³-hybridized carbons (Fsp3) is 0. The zero-order chi connectivity index (χ0) is 12.8. The molecule has 7 heteroatoms. The van der Waals surface area contributed by atoms with Gasteiger partial charge in [0.25, 0.3) is 5.91 Å². The van der Waals surface area contributed by atoms with Gasteiger partial charge in [0.05, 0.1) is 5.56 Å². The molecule has 0 saturated heterocycles. The van der Waals surface area contributed by atoms with Crippen molar-refractivity contribution in [3.63, 3.8) is 0 Å². The third kappa shape index (κ3) is 3.37. The van der Waals surface area contributed by atoms with Crippen LogP contribution in [0.3, 0.4) is 0 Å². The van der Waals surface area contributed by atoms with Gasteiger partial charge in [-0.05, 0) is 12.1 Å². The maximum absolute atomic E-state index is 11.4. The van der Waals surface area contributed by atoms with E-state index in [1.165, 1.54) is 12.4 Å². The molecule has 0 fully saturated rings. The zero-order valence-corrected chi connectivity index (χ0v) is 11.3. The summed E-state index contributed by atoms with van der Waals surface area (Å²) in [6.07, 6.45) is 2.84. The Labute approximate surface area is 117 Å². The Hall–Kier alpha value is -1.74. The van der Waals surface area contributed by atoms with Crippen molar-refractivity contribution in [2.24, 2.45) is 0 Å². The van der Waals surface area contributed by atoms with Crippen molar-refractivity contribution >= 4 is 40.5 Å². The van der Waals surface area contributed by atoms with Gasteiger partial charge in [-0.1, -0.05) is 18.2 Å². The Morgan fingerprint density at radius 1 is 1.17 bits per heavy atom. The second-order valence-corrected chi connectivity index (χ2v) is 3.74. The Morgan fingerprint density at radius 3 is 2.44 bits per heavy atom. The molecule has 0 bridgehead atoms. The molecule has 0 unspecified atom stereocenters. The highest BCUT2D eigenvalue weighted by Gasteiger charge is 2.06. The summed E-state index contributed by atoms with van der Waals surface area (Å²) < 4.78 is 4.48. The molecule has 6 nitrogen and oxygen atoms in total. The quantitative estimate of drug-likeness (QED) is 0.649. The number of hydroxylamine groups is 1. The predicted molar refractivity (Wildman–Crippen MR) is 74.3 cm³/mol. The predicted octanol–water partition coefficient (Wildman–Crippen LogP) is 2.23. The highest BCUT2D eigenvalue weighted by molar-refractivity contribution is 14.1. The first kappa shape index (κ1) is 12.7. The standard InChI is InChI=1S/C11H9IN4O2/c12-18-16-10(17)8-6-13-11(14-7-8)15-9-4-2-1-3-5-9/h1-7H,(H,16,17)(H,13,14,15). The van der Waals surface area contributed by atoms with Crippen molar-refractivity contribution in [3.05, 3.63) is 48.3 Å². The van der Waals surface area contributed by atoms with E-state index in [1.807, 2.05) is 30.3 Å². The summed E-state index contributed by atoms with van der Waals surface area (Å²) in [5, 5.41) is 3.02. The van der Waals surface area contributed by atoms with Crippen LogP contribution < -0.4 is 10.8 Å². The van der Waals surface area contributed by atoms with Crippen molar-refractivity contribution < 1.29 is 7.96 Å². The fourth-order valence-electron chi connectivity index (χ4n) is 1.25. The van der Waals surface area contributed by atoms with E-state index in [-0.39, 0.29) is 0 Å². The maximum Gasteiger partial charge on any atom is 0.278 e. The largest absolute Gasteiger partial charge is 0.324 e. The number of aromatic nitrogens is 2. The molecule has 0 atom stereocenters. The smallest absolute Gasteiger partial charge is 0.278 e. The number of nitrogens with one attached hydrogen (secondary N) is 2. The van der Waals surface area contributed by atoms with Gasteiger partial charge in [0.2, 0.25) is 5.95 Å². The summed E-state index contributed by atoms with van der Waals surface area (Å²) in [4.78, 5) is 19.4. The zero-order valence-electron chi connectivity index (χ0n) is 9.13. The Morgan fingerprint density at radius 2 is 1.83 bits per heavy atom. The van der Waals surface area contributed by atoms with E-state index in [9.17, 15) is 4.79 Å². The third-order valence-electron chi connectivity index (χ3n) is 2.08. The molecule has 1 heterocycles. The molecule has 2 aromatic rings. The van der Waals surface area contributed by atoms with Crippen molar-refractivity contribution in [1.29, 1.82) is 0 Å². The summed E-state index contributed by atoms with van der Waals surface area (Å²) in [5.74, 6) is 0.0313. The van der Waals surface area contributed by atoms with Crippen molar-refractivity contribution in [2.45, 2.75) is 0 Å². The lowest BCUT2D eigenvalue weighted by Crippen LogP contribution is -2.20. The molecule has 0 aliphatic heterocycles. The van der Waals surface area contributed by atoms with E-state index in [0.29, 0.717) is 11.5 Å². The van der Waals surface area contributed by atoms with Gasteiger partial charge in [-0.2, -0.15) is 0 Å². The van der Waals surface area contributed by atoms with Crippen LogP contribution in [0.5, 0.6) is 0 Å². The Balaban J connectivity index is 2.06. The van der Waals surface area contributed by atoms with Crippen LogP contribution in [0.4, 0.5) is 11.6 Å². The molecule has 0 radical (unpaired) electrons. The van der Waals surface area contributed by atoms with Gasteiger partial charge in [0.1, 0.15) is 23.0 Å². The lowest BCUT2D eigenvalue weighted by Gasteiger charge is -2.04. The van der Waals surface area contributed by atoms with Gasteiger partial charge in [-0.25, -0.2) is 18.6 Å². The lowest BCUT2D eigenvalue weighted by atomic mass is 10.3. The van der Waals surface area contributed by atoms with E-state index in [0.717, 1.165) is 5.69 Å². The number of halogens is 1. The molecule has 1 aromatic heterocycles. The number of benzene rings is 1. The molecule has 0 spiro atoms. The molecular weight excluding hydrogens is 347 g/mol. The second kappa shape index (κ2) is 6.26. The van der Waals surface area contributed by atoms with Crippen LogP contribution in [-0.2, 0) is 3.17 Å². The van der Waals surface area contributed by atoms with Crippen molar-refractivity contribution in [2.75, 3.05) is 5.32 Å². The summed E-state index contributed by atoms with van der Waals surface area (Å²) in [6.45, 7) is 0. The number of para-hydroxylation sites is 1. The first-order chi connectivity index (χ1) is 8.79. The third-order valence-corrected chi connectivity index (χ3v) is 2.30. The average Bonchev–Trinajstić information content (AvgIpc) is 2.41. The highest BCUT2D eigenvalue weighted by atomic mass is 127. The van der Waals surface area contributed by atoms with Gasteiger partial charge in [-0.3, -0.25) is 4.79 Å².